The predicted molar refractivity (Wildman–Crippen MR) is 71.7 cm³/mol. The zero-order valence-corrected chi connectivity index (χ0v) is 11.1. The molecule has 1 aromatic rings. The van der Waals surface area contributed by atoms with Gasteiger partial charge in [0.25, 0.3) is 5.91 Å². The number of hydrogen-bond donors (Lipinski definition) is 2. The Kier molecular flexibility index (Phi) is 5.56. The highest BCUT2D eigenvalue weighted by Gasteiger charge is 2.16. The number of piperidine rings is 1. The Morgan fingerprint density at radius 1 is 1.44 bits per heavy atom. The van der Waals surface area contributed by atoms with Crippen molar-refractivity contribution in [1.82, 2.24) is 10.6 Å². The van der Waals surface area contributed by atoms with Gasteiger partial charge in [-0.2, -0.15) is 0 Å². The van der Waals surface area contributed by atoms with Gasteiger partial charge in [0.1, 0.15) is 5.82 Å². The summed E-state index contributed by atoms with van der Waals surface area (Å²) in [5, 5.41) is 6.15. The summed E-state index contributed by atoms with van der Waals surface area (Å²) in [7, 11) is 0. The largest absolute Gasteiger partial charge is 0.348 e. The van der Waals surface area contributed by atoms with Crippen LogP contribution in [0.15, 0.2) is 18.2 Å². The Morgan fingerprint density at radius 2 is 2.22 bits per heavy atom. The highest BCUT2D eigenvalue weighted by Crippen LogP contribution is 2.09. The van der Waals surface area contributed by atoms with Gasteiger partial charge in [-0.1, -0.05) is 0 Å². The van der Waals surface area contributed by atoms with Crippen LogP contribution in [0.4, 0.5) is 4.39 Å². The second kappa shape index (κ2) is 6.71. The summed E-state index contributed by atoms with van der Waals surface area (Å²) < 4.78 is 13.2. The number of amides is 1. The van der Waals surface area contributed by atoms with Crippen molar-refractivity contribution < 1.29 is 9.18 Å². The molecule has 0 radical (unpaired) electrons. The van der Waals surface area contributed by atoms with E-state index in [9.17, 15) is 9.18 Å². The normalized spacial score (nSPS) is 18.9. The zero-order chi connectivity index (χ0) is 12.3. The summed E-state index contributed by atoms with van der Waals surface area (Å²) in [6.45, 7) is 3.58. The second-order valence-corrected chi connectivity index (χ2v) is 4.53. The smallest absolute Gasteiger partial charge is 0.251 e. The van der Waals surface area contributed by atoms with E-state index in [1.807, 2.05) is 0 Å². The van der Waals surface area contributed by atoms with E-state index in [1.54, 1.807) is 13.0 Å². The average Bonchev–Trinajstić information content (AvgIpc) is 2.29. The molecule has 0 aromatic heterocycles. The molecule has 5 heteroatoms. The van der Waals surface area contributed by atoms with Crippen molar-refractivity contribution in [3.63, 3.8) is 0 Å². The lowest BCUT2D eigenvalue weighted by Gasteiger charge is -2.23. The maximum absolute atomic E-state index is 13.2. The molecule has 0 aliphatic carbocycles. The number of benzene rings is 1. The van der Waals surface area contributed by atoms with Gasteiger partial charge in [-0.25, -0.2) is 4.39 Å². The maximum atomic E-state index is 13.2. The lowest BCUT2D eigenvalue weighted by Crippen LogP contribution is -2.45. The first-order valence-electron chi connectivity index (χ1n) is 5.94. The van der Waals surface area contributed by atoms with Crippen LogP contribution < -0.4 is 10.6 Å². The van der Waals surface area contributed by atoms with E-state index < -0.39 is 0 Å². The molecule has 1 heterocycles. The summed E-state index contributed by atoms with van der Waals surface area (Å²) in [5.41, 5.74) is 1.16. The molecule has 1 aliphatic heterocycles. The van der Waals surface area contributed by atoms with Gasteiger partial charge >= 0.3 is 0 Å². The van der Waals surface area contributed by atoms with Gasteiger partial charge in [-0.3, -0.25) is 4.79 Å². The van der Waals surface area contributed by atoms with Crippen LogP contribution in [0.3, 0.4) is 0 Å². The summed E-state index contributed by atoms with van der Waals surface area (Å²) in [4.78, 5) is 11.9. The highest BCUT2D eigenvalue weighted by molar-refractivity contribution is 5.94. The summed E-state index contributed by atoms with van der Waals surface area (Å²) in [5.74, 6) is -0.557. The van der Waals surface area contributed by atoms with Gasteiger partial charge < -0.3 is 10.6 Å². The second-order valence-electron chi connectivity index (χ2n) is 4.53. The van der Waals surface area contributed by atoms with Crippen LogP contribution >= 0.6 is 12.4 Å². The van der Waals surface area contributed by atoms with Crippen LogP contribution in [0.1, 0.15) is 28.8 Å². The quantitative estimate of drug-likeness (QED) is 0.865. The molecule has 0 saturated carbocycles. The van der Waals surface area contributed by atoms with E-state index in [0.717, 1.165) is 31.5 Å². The zero-order valence-electron chi connectivity index (χ0n) is 10.3. The lowest BCUT2D eigenvalue weighted by atomic mass is 10.1. The van der Waals surface area contributed by atoms with E-state index in [1.165, 1.54) is 12.1 Å². The fraction of sp³-hybridized carbons (Fsp3) is 0.462. The topological polar surface area (TPSA) is 41.1 Å². The monoisotopic (exact) mass is 272 g/mol. The molecule has 2 rings (SSSR count). The van der Waals surface area contributed by atoms with Gasteiger partial charge in [-0.05, 0) is 50.1 Å². The van der Waals surface area contributed by atoms with Gasteiger partial charge in [0.2, 0.25) is 0 Å². The minimum Gasteiger partial charge on any atom is -0.348 e. The lowest BCUT2D eigenvalue weighted by molar-refractivity contribution is 0.0930. The van der Waals surface area contributed by atoms with Gasteiger partial charge in [0.05, 0.1) is 0 Å². The molecular weight excluding hydrogens is 255 g/mol. The van der Waals surface area contributed by atoms with Crippen molar-refractivity contribution in [2.45, 2.75) is 25.8 Å². The third kappa shape index (κ3) is 3.96. The SMILES string of the molecule is Cc1cc(F)cc(C(=O)N[C@@H]2CCCNC2)c1.Cl. The Hall–Kier alpha value is -1.13. The van der Waals surface area contributed by atoms with E-state index in [-0.39, 0.29) is 30.2 Å². The number of carbonyl (C=O) groups excluding carboxylic acids is 1. The predicted octanol–water partition coefficient (Wildman–Crippen LogP) is 2.04. The van der Waals surface area contributed by atoms with Crippen LogP contribution in [-0.2, 0) is 0 Å². The maximum Gasteiger partial charge on any atom is 0.251 e. The summed E-state index contributed by atoms with van der Waals surface area (Å²) in [6.07, 6.45) is 2.04. The molecule has 100 valence electrons. The Bertz CT molecular complexity index is 399. The number of nitrogens with one attached hydrogen (secondary N) is 2. The third-order valence-corrected chi connectivity index (χ3v) is 2.94. The number of aryl methyl sites for hydroxylation is 1. The van der Waals surface area contributed by atoms with Crippen LogP contribution in [0.2, 0.25) is 0 Å². The van der Waals surface area contributed by atoms with Gasteiger partial charge in [0, 0.05) is 18.2 Å². The van der Waals surface area contributed by atoms with Crippen molar-refractivity contribution in [3.8, 4) is 0 Å². The molecule has 3 nitrogen and oxygen atoms in total. The number of hydrogen-bond acceptors (Lipinski definition) is 2. The molecular formula is C13H18ClFN2O. The van der Waals surface area contributed by atoms with Crippen LogP contribution in [0.25, 0.3) is 0 Å². The fourth-order valence-corrected chi connectivity index (χ4v) is 2.11. The molecule has 1 aliphatic rings. The van der Waals surface area contributed by atoms with Crippen molar-refractivity contribution >= 4 is 18.3 Å². The molecule has 1 atom stereocenters. The molecule has 0 bridgehead atoms. The molecule has 0 unspecified atom stereocenters. The van der Waals surface area contributed by atoms with E-state index in [4.69, 9.17) is 0 Å². The van der Waals surface area contributed by atoms with Crippen LogP contribution in [-0.4, -0.2) is 25.0 Å². The number of halogens is 2. The van der Waals surface area contributed by atoms with Gasteiger partial charge in [0.15, 0.2) is 0 Å². The highest BCUT2D eigenvalue weighted by atomic mass is 35.5. The van der Waals surface area contributed by atoms with Gasteiger partial charge in [-0.15, -0.1) is 12.4 Å². The van der Waals surface area contributed by atoms with Crippen molar-refractivity contribution in [1.29, 1.82) is 0 Å². The van der Waals surface area contributed by atoms with E-state index in [2.05, 4.69) is 10.6 Å². The van der Waals surface area contributed by atoms with Crippen molar-refractivity contribution in [2.75, 3.05) is 13.1 Å². The molecule has 1 aromatic carbocycles. The van der Waals surface area contributed by atoms with E-state index in [0.29, 0.717) is 5.56 Å². The first kappa shape index (κ1) is 14.9. The number of rotatable bonds is 2. The molecule has 1 fully saturated rings. The first-order valence-corrected chi connectivity index (χ1v) is 5.94. The average molecular weight is 273 g/mol. The minimum absolute atomic E-state index is 0. The van der Waals surface area contributed by atoms with E-state index >= 15 is 0 Å². The fourth-order valence-electron chi connectivity index (χ4n) is 2.11. The summed E-state index contributed by atoms with van der Waals surface area (Å²) >= 11 is 0. The van der Waals surface area contributed by atoms with Crippen molar-refractivity contribution in [3.05, 3.63) is 35.1 Å². The molecule has 1 amide bonds. The Morgan fingerprint density at radius 3 is 2.83 bits per heavy atom. The third-order valence-electron chi connectivity index (χ3n) is 2.94. The number of carbonyl (C=O) groups is 1. The minimum atomic E-state index is -0.364. The Balaban J connectivity index is 0.00000162. The first-order chi connectivity index (χ1) is 8.15. The molecule has 0 spiro atoms. The van der Waals surface area contributed by atoms with Crippen LogP contribution in [0.5, 0.6) is 0 Å². The summed E-state index contributed by atoms with van der Waals surface area (Å²) in [6, 6.07) is 4.55. The molecule has 18 heavy (non-hydrogen) atoms. The molecule has 1 saturated heterocycles. The molecule has 2 N–H and O–H groups in total. The van der Waals surface area contributed by atoms with Crippen LogP contribution in [0, 0.1) is 12.7 Å². The van der Waals surface area contributed by atoms with Crippen molar-refractivity contribution in [2.24, 2.45) is 0 Å². The standard InChI is InChI=1S/C13H17FN2O.ClH/c1-9-5-10(7-11(14)6-9)13(17)16-12-3-2-4-15-8-12;/h5-7,12,15H,2-4,8H2,1H3,(H,16,17);1H/t12-;/m1./s1. The Labute approximate surface area is 113 Å².